The molecule has 134 valence electrons. The number of hydrogen-bond donors (Lipinski definition) is 2. The van der Waals surface area contributed by atoms with Crippen LogP contribution < -0.4 is 15.8 Å². The third-order valence-corrected chi connectivity index (χ3v) is 5.22. The SMILES string of the molecule is CCN(C)C1(CNC(=O)c2ccc(C)c(OCCN)c2)CCCC1. The van der Waals surface area contributed by atoms with Gasteiger partial charge in [0, 0.05) is 24.2 Å². The molecule has 5 nitrogen and oxygen atoms in total. The monoisotopic (exact) mass is 333 g/mol. The third kappa shape index (κ3) is 4.28. The highest BCUT2D eigenvalue weighted by Crippen LogP contribution is 2.34. The van der Waals surface area contributed by atoms with Crippen LogP contribution in [0.15, 0.2) is 18.2 Å². The first kappa shape index (κ1) is 18.7. The van der Waals surface area contributed by atoms with E-state index >= 15 is 0 Å². The number of nitrogens with zero attached hydrogens (tertiary/aromatic N) is 1. The summed E-state index contributed by atoms with van der Waals surface area (Å²) in [6, 6.07) is 5.58. The molecule has 1 aliphatic carbocycles. The van der Waals surface area contributed by atoms with Crippen LogP contribution in [-0.4, -0.2) is 49.6 Å². The highest BCUT2D eigenvalue weighted by Gasteiger charge is 2.37. The van der Waals surface area contributed by atoms with Gasteiger partial charge in [0.05, 0.1) is 0 Å². The van der Waals surface area contributed by atoms with Crippen molar-refractivity contribution in [3.8, 4) is 5.75 Å². The quantitative estimate of drug-likeness (QED) is 0.766. The molecule has 1 aromatic rings. The molecule has 0 bridgehead atoms. The summed E-state index contributed by atoms with van der Waals surface area (Å²) >= 11 is 0. The second-order valence-electron chi connectivity index (χ2n) is 6.75. The van der Waals surface area contributed by atoms with Crippen molar-refractivity contribution in [3.63, 3.8) is 0 Å². The Balaban J connectivity index is 2.04. The fourth-order valence-corrected chi connectivity index (χ4v) is 3.47. The highest BCUT2D eigenvalue weighted by molar-refractivity contribution is 5.94. The number of nitrogens with two attached hydrogens (primary N) is 1. The van der Waals surface area contributed by atoms with Crippen LogP contribution in [-0.2, 0) is 0 Å². The van der Waals surface area contributed by atoms with E-state index < -0.39 is 0 Å². The number of carbonyl (C=O) groups is 1. The van der Waals surface area contributed by atoms with E-state index in [2.05, 4.69) is 24.2 Å². The first-order valence-corrected chi connectivity index (χ1v) is 8.95. The van der Waals surface area contributed by atoms with Crippen molar-refractivity contribution >= 4 is 5.91 Å². The lowest BCUT2D eigenvalue weighted by molar-refractivity contribution is 0.0874. The summed E-state index contributed by atoms with van der Waals surface area (Å²) in [4.78, 5) is 15.0. The molecule has 24 heavy (non-hydrogen) atoms. The van der Waals surface area contributed by atoms with E-state index in [-0.39, 0.29) is 11.4 Å². The number of nitrogens with one attached hydrogen (secondary N) is 1. The van der Waals surface area contributed by atoms with Crippen LogP contribution in [0, 0.1) is 6.92 Å². The number of amides is 1. The maximum absolute atomic E-state index is 12.6. The first-order valence-electron chi connectivity index (χ1n) is 8.95. The third-order valence-electron chi connectivity index (χ3n) is 5.22. The largest absolute Gasteiger partial charge is 0.492 e. The van der Waals surface area contributed by atoms with E-state index in [0.29, 0.717) is 25.3 Å². The number of aryl methyl sites for hydroxylation is 1. The molecule has 0 spiro atoms. The molecule has 1 fully saturated rings. The Bertz CT molecular complexity index is 554. The number of likely N-dealkylation sites (N-methyl/N-ethyl adjacent to an activating group) is 1. The molecule has 0 heterocycles. The Morgan fingerprint density at radius 3 is 2.71 bits per heavy atom. The molecule has 0 atom stereocenters. The van der Waals surface area contributed by atoms with Crippen LogP contribution in [0.1, 0.15) is 48.5 Å². The van der Waals surface area contributed by atoms with Gasteiger partial charge in [-0.25, -0.2) is 0 Å². The minimum Gasteiger partial charge on any atom is -0.492 e. The predicted molar refractivity (Wildman–Crippen MR) is 97.6 cm³/mol. The van der Waals surface area contributed by atoms with Crippen LogP contribution >= 0.6 is 0 Å². The lowest BCUT2D eigenvalue weighted by Crippen LogP contribution is -2.52. The van der Waals surface area contributed by atoms with Gasteiger partial charge in [-0.15, -0.1) is 0 Å². The fourth-order valence-electron chi connectivity index (χ4n) is 3.47. The lowest BCUT2D eigenvalue weighted by atomic mass is 9.95. The van der Waals surface area contributed by atoms with Crippen LogP contribution in [0.2, 0.25) is 0 Å². The number of rotatable bonds is 8. The standard InChI is InChI=1S/C19H31N3O2/c1-4-22(3)19(9-5-6-10-19)14-21-18(23)16-8-7-15(2)17(13-16)24-12-11-20/h7-8,13H,4-6,9-12,14,20H2,1-3H3,(H,21,23). The van der Waals surface area contributed by atoms with E-state index in [1.807, 2.05) is 25.1 Å². The zero-order valence-electron chi connectivity index (χ0n) is 15.2. The normalized spacial score (nSPS) is 16.4. The van der Waals surface area contributed by atoms with Gasteiger partial charge in [-0.1, -0.05) is 25.8 Å². The van der Waals surface area contributed by atoms with Crippen molar-refractivity contribution in [2.75, 3.05) is 33.3 Å². The maximum atomic E-state index is 12.6. The molecular weight excluding hydrogens is 302 g/mol. The molecule has 1 aliphatic rings. The maximum Gasteiger partial charge on any atom is 0.251 e. The summed E-state index contributed by atoms with van der Waals surface area (Å²) in [5.41, 5.74) is 7.24. The summed E-state index contributed by atoms with van der Waals surface area (Å²) in [5, 5.41) is 3.14. The van der Waals surface area contributed by atoms with Crippen LogP contribution in [0.5, 0.6) is 5.75 Å². The molecule has 0 aromatic heterocycles. The van der Waals surface area contributed by atoms with Gasteiger partial charge in [-0.2, -0.15) is 0 Å². The van der Waals surface area contributed by atoms with Gasteiger partial charge >= 0.3 is 0 Å². The van der Waals surface area contributed by atoms with E-state index in [9.17, 15) is 4.79 Å². The zero-order valence-corrected chi connectivity index (χ0v) is 15.2. The average Bonchev–Trinajstić information content (AvgIpc) is 3.08. The van der Waals surface area contributed by atoms with Crippen molar-refractivity contribution in [1.29, 1.82) is 0 Å². The second-order valence-corrected chi connectivity index (χ2v) is 6.75. The Labute approximate surface area is 145 Å². The van der Waals surface area contributed by atoms with Crippen LogP contribution in [0.3, 0.4) is 0 Å². The molecular formula is C19H31N3O2. The topological polar surface area (TPSA) is 67.6 Å². The van der Waals surface area contributed by atoms with E-state index in [1.54, 1.807) is 0 Å². The lowest BCUT2D eigenvalue weighted by Gasteiger charge is -2.38. The minimum absolute atomic E-state index is 0.0385. The van der Waals surface area contributed by atoms with Gasteiger partial charge in [-0.05, 0) is 51.1 Å². The summed E-state index contributed by atoms with van der Waals surface area (Å²) in [5.74, 6) is 0.692. The van der Waals surface area contributed by atoms with Crippen molar-refractivity contribution in [3.05, 3.63) is 29.3 Å². The molecule has 5 heteroatoms. The van der Waals surface area contributed by atoms with E-state index in [4.69, 9.17) is 10.5 Å². The molecule has 2 rings (SSSR count). The fraction of sp³-hybridized carbons (Fsp3) is 0.632. The van der Waals surface area contributed by atoms with Crippen molar-refractivity contribution < 1.29 is 9.53 Å². The molecule has 1 aromatic carbocycles. The molecule has 3 N–H and O–H groups in total. The van der Waals surface area contributed by atoms with Crippen molar-refractivity contribution in [2.24, 2.45) is 5.73 Å². The van der Waals surface area contributed by atoms with Gasteiger partial charge in [-0.3, -0.25) is 9.69 Å². The summed E-state index contributed by atoms with van der Waals surface area (Å²) in [6.45, 7) is 6.75. The number of carbonyl (C=O) groups excluding carboxylic acids is 1. The van der Waals surface area contributed by atoms with Gasteiger partial charge in [0.1, 0.15) is 12.4 Å². The Morgan fingerprint density at radius 1 is 1.38 bits per heavy atom. The Morgan fingerprint density at radius 2 is 2.08 bits per heavy atom. The highest BCUT2D eigenvalue weighted by atomic mass is 16.5. The molecule has 1 amide bonds. The average molecular weight is 333 g/mol. The van der Waals surface area contributed by atoms with Crippen molar-refractivity contribution in [1.82, 2.24) is 10.2 Å². The van der Waals surface area contributed by atoms with Gasteiger partial charge in [0.15, 0.2) is 0 Å². The van der Waals surface area contributed by atoms with Gasteiger partial charge < -0.3 is 15.8 Å². The first-order chi connectivity index (χ1) is 11.5. The van der Waals surface area contributed by atoms with Crippen LogP contribution in [0.25, 0.3) is 0 Å². The number of hydrogen-bond acceptors (Lipinski definition) is 4. The van der Waals surface area contributed by atoms with Crippen molar-refractivity contribution in [2.45, 2.75) is 45.1 Å². The van der Waals surface area contributed by atoms with Crippen LogP contribution in [0.4, 0.5) is 0 Å². The summed E-state index contributed by atoms with van der Waals surface area (Å²) in [7, 11) is 2.15. The molecule has 0 unspecified atom stereocenters. The van der Waals surface area contributed by atoms with E-state index in [0.717, 1.165) is 30.7 Å². The summed E-state index contributed by atoms with van der Waals surface area (Å²) < 4.78 is 5.62. The molecule has 0 radical (unpaired) electrons. The predicted octanol–water partition coefficient (Wildman–Crippen LogP) is 2.33. The smallest absolute Gasteiger partial charge is 0.251 e. The Hall–Kier alpha value is -1.59. The minimum atomic E-state index is -0.0385. The Kier molecular flexibility index (Phi) is 6.63. The van der Waals surface area contributed by atoms with E-state index in [1.165, 1.54) is 12.8 Å². The second kappa shape index (κ2) is 8.49. The zero-order chi connectivity index (χ0) is 17.6. The summed E-state index contributed by atoms with van der Waals surface area (Å²) in [6.07, 6.45) is 4.77. The number of benzene rings is 1. The van der Waals surface area contributed by atoms with Gasteiger partial charge in [0.25, 0.3) is 5.91 Å². The number of ether oxygens (including phenoxy) is 1. The molecule has 0 saturated heterocycles. The molecule has 1 saturated carbocycles. The van der Waals surface area contributed by atoms with Gasteiger partial charge in [0.2, 0.25) is 0 Å². The molecule has 0 aliphatic heterocycles.